The molecule has 134 valence electrons. The van der Waals surface area contributed by atoms with Crippen molar-refractivity contribution in [2.45, 2.75) is 39.0 Å². The number of carbonyl (C=O) groups is 1. The highest BCUT2D eigenvalue weighted by atomic mass is 16.5. The summed E-state index contributed by atoms with van der Waals surface area (Å²) < 4.78 is 5.20. The summed E-state index contributed by atoms with van der Waals surface area (Å²) in [5.41, 5.74) is 2.91. The number of rotatable bonds is 6. The number of piperidine rings is 1. The van der Waals surface area contributed by atoms with E-state index in [0.717, 1.165) is 50.2 Å². The SMILES string of the molecule is CCc1cc(C(=O)N2CCC(CCc3ccc(OC)cc3)CC2)n[nH]1. The molecule has 0 aliphatic carbocycles. The zero-order valence-corrected chi connectivity index (χ0v) is 15.1. The third kappa shape index (κ3) is 4.41. The molecule has 5 nitrogen and oxygen atoms in total. The molecule has 0 unspecified atom stereocenters. The van der Waals surface area contributed by atoms with E-state index < -0.39 is 0 Å². The summed E-state index contributed by atoms with van der Waals surface area (Å²) in [6.07, 6.45) is 5.28. The Balaban J connectivity index is 1.45. The van der Waals surface area contributed by atoms with Crippen LogP contribution in [-0.2, 0) is 12.8 Å². The molecule has 0 saturated carbocycles. The van der Waals surface area contributed by atoms with E-state index in [1.807, 2.05) is 23.1 Å². The maximum atomic E-state index is 12.5. The summed E-state index contributed by atoms with van der Waals surface area (Å²) in [4.78, 5) is 14.5. The number of aromatic nitrogens is 2. The predicted octanol–water partition coefficient (Wildman–Crippen LogP) is 3.47. The summed E-state index contributed by atoms with van der Waals surface area (Å²) in [6, 6.07) is 10.2. The number of aromatic amines is 1. The van der Waals surface area contributed by atoms with Crippen molar-refractivity contribution in [1.82, 2.24) is 15.1 Å². The quantitative estimate of drug-likeness (QED) is 0.875. The number of nitrogens with zero attached hydrogens (tertiary/aromatic N) is 2. The van der Waals surface area contributed by atoms with Crippen molar-refractivity contribution in [3.8, 4) is 5.75 Å². The first-order chi connectivity index (χ1) is 12.2. The summed E-state index contributed by atoms with van der Waals surface area (Å²) in [5, 5.41) is 7.07. The number of amides is 1. The Morgan fingerprint density at radius 3 is 2.60 bits per heavy atom. The van der Waals surface area contributed by atoms with E-state index in [4.69, 9.17) is 4.74 Å². The Kier molecular flexibility index (Phi) is 5.74. The molecule has 0 bridgehead atoms. The van der Waals surface area contributed by atoms with Gasteiger partial charge in [-0.15, -0.1) is 0 Å². The number of hydrogen-bond donors (Lipinski definition) is 1. The van der Waals surface area contributed by atoms with Gasteiger partial charge in [-0.05, 0) is 61.8 Å². The molecule has 2 aromatic rings. The van der Waals surface area contributed by atoms with Crippen LogP contribution < -0.4 is 4.74 Å². The lowest BCUT2D eigenvalue weighted by Gasteiger charge is -2.31. The number of carbonyl (C=O) groups excluding carboxylic acids is 1. The van der Waals surface area contributed by atoms with Crippen molar-refractivity contribution >= 4 is 5.91 Å². The van der Waals surface area contributed by atoms with E-state index in [1.165, 1.54) is 12.0 Å². The van der Waals surface area contributed by atoms with E-state index in [9.17, 15) is 4.79 Å². The summed E-state index contributed by atoms with van der Waals surface area (Å²) in [5.74, 6) is 1.65. The molecule has 1 amide bonds. The molecule has 1 aromatic carbocycles. The molecule has 5 heteroatoms. The summed E-state index contributed by atoms with van der Waals surface area (Å²) in [7, 11) is 1.69. The van der Waals surface area contributed by atoms with Gasteiger partial charge in [-0.3, -0.25) is 9.89 Å². The van der Waals surface area contributed by atoms with E-state index in [-0.39, 0.29) is 5.91 Å². The van der Waals surface area contributed by atoms with Crippen molar-refractivity contribution in [3.05, 3.63) is 47.3 Å². The van der Waals surface area contributed by atoms with E-state index in [2.05, 4.69) is 29.3 Å². The molecule has 1 aromatic heterocycles. The lowest BCUT2D eigenvalue weighted by atomic mass is 9.90. The second-order valence-corrected chi connectivity index (χ2v) is 6.75. The number of aryl methyl sites for hydroxylation is 2. The van der Waals surface area contributed by atoms with Gasteiger partial charge in [0.1, 0.15) is 11.4 Å². The first-order valence-electron chi connectivity index (χ1n) is 9.16. The minimum absolute atomic E-state index is 0.0598. The summed E-state index contributed by atoms with van der Waals surface area (Å²) >= 11 is 0. The first kappa shape index (κ1) is 17.5. The van der Waals surface area contributed by atoms with Crippen LogP contribution in [-0.4, -0.2) is 41.2 Å². The van der Waals surface area contributed by atoms with Crippen LogP contribution in [0.25, 0.3) is 0 Å². The van der Waals surface area contributed by atoms with Crippen molar-refractivity contribution in [2.24, 2.45) is 5.92 Å². The molecule has 1 saturated heterocycles. The maximum Gasteiger partial charge on any atom is 0.274 e. The van der Waals surface area contributed by atoms with Gasteiger partial charge in [0.15, 0.2) is 0 Å². The highest BCUT2D eigenvalue weighted by molar-refractivity contribution is 5.92. The number of likely N-dealkylation sites (tertiary alicyclic amines) is 1. The van der Waals surface area contributed by atoms with Gasteiger partial charge < -0.3 is 9.64 Å². The lowest BCUT2D eigenvalue weighted by molar-refractivity contribution is 0.0681. The van der Waals surface area contributed by atoms with Crippen molar-refractivity contribution in [2.75, 3.05) is 20.2 Å². The third-order valence-electron chi connectivity index (χ3n) is 5.13. The van der Waals surface area contributed by atoms with Gasteiger partial charge in [0.05, 0.1) is 7.11 Å². The highest BCUT2D eigenvalue weighted by Gasteiger charge is 2.24. The van der Waals surface area contributed by atoms with Gasteiger partial charge >= 0.3 is 0 Å². The minimum atomic E-state index is 0.0598. The van der Waals surface area contributed by atoms with Crippen LogP contribution in [0.5, 0.6) is 5.75 Å². The molecule has 1 aliphatic heterocycles. The molecular formula is C20H27N3O2. The Bertz CT molecular complexity index is 685. The number of nitrogens with one attached hydrogen (secondary N) is 1. The minimum Gasteiger partial charge on any atom is -0.497 e. The monoisotopic (exact) mass is 341 g/mol. The fourth-order valence-corrected chi connectivity index (χ4v) is 3.40. The first-order valence-corrected chi connectivity index (χ1v) is 9.16. The van der Waals surface area contributed by atoms with Crippen LogP contribution in [0.4, 0.5) is 0 Å². The van der Waals surface area contributed by atoms with Gasteiger partial charge in [0, 0.05) is 18.8 Å². The van der Waals surface area contributed by atoms with Gasteiger partial charge in [0.25, 0.3) is 5.91 Å². The van der Waals surface area contributed by atoms with Crippen molar-refractivity contribution in [1.29, 1.82) is 0 Å². The molecule has 0 radical (unpaired) electrons. The summed E-state index contributed by atoms with van der Waals surface area (Å²) in [6.45, 7) is 3.72. The number of methoxy groups -OCH3 is 1. The van der Waals surface area contributed by atoms with Crippen LogP contribution in [0.15, 0.2) is 30.3 Å². The third-order valence-corrected chi connectivity index (χ3v) is 5.13. The fourth-order valence-electron chi connectivity index (χ4n) is 3.40. The molecule has 1 aliphatic rings. The molecule has 3 rings (SSSR count). The van der Waals surface area contributed by atoms with Crippen LogP contribution in [0.3, 0.4) is 0 Å². The van der Waals surface area contributed by atoms with Crippen molar-refractivity contribution < 1.29 is 9.53 Å². The molecule has 2 heterocycles. The average Bonchev–Trinajstić information content (AvgIpc) is 3.16. The Labute approximate surface area is 149 Å². The normalized spacial score (nSPS) is 15.4. The van der Waals surface area contributed by atoms with Gasteiger partial charge in [-0.2, -0.15) is 5.10 Å². The predicted molar refractivity (Wildman–Crippen MR) is 97.9 cm³/mol. The molecule has 25 heavy (non-hydrogen) atoms. The maximum absolute atomic E-state index is 12.5. The second-order valence-electron chi connectivity index (χ2n) is 6.75. The topological polar surface area (TPSA) is 58.2 Å². The second kappa shape index (κ2) is 8.19. The molecule has 1 fully saturated rings. The van der Waals surface area contributed by atoms with Crippen molar-refractivity contribution in [3.63, 3.8) is 0 Å². The van der Waals surface area contributed by atoms with Crippen LogP contribution in [0.1, 0.15) is 47.9 Å². The molecular weight excluding hydrogens is 314 g/mol. The van der Waals surface area contributed by atoms with E-state index >= 15 is 0 Å². The Morgan fingerprint density at radius 1 is 1.28 bits per heavy atom. The van der Waals surface area contributed by atoms with Gasteiger partial charge in [0.2, 0.25) is 0 Å². The Hall–Kier alpha value is -2.30. The zero-order valence-electron chi connectivity index (χ0n) is 15.1. The van der Waals surface area contributed by atoms with Gasteiger partial charge in [-0.25, -0.2) is 0 Å². The van der Waals surface area contributed by atoms with Gasteiger partial charge in [-0.1, -0.05) is 19.1 Å². The van der Waals surface area contributed by atoms with Crippen LogP contribution in [0.2, 0.25) is 0 Å². The molecule has 1 N–H and O–H groups in total. The van der Waals surface area contributed by atoms with E-state index in [0.29, 0.717) is 11.6 Å². The number of hydrogen-bond acceptors (Lipinski definition) is 3. The largest absolute Gasteiger partial charge is 0.497 e. The van der Waals surface area contributed by atoms with Crippen LogP contribution >= 0.6 is 0 Å². The molecule has 0 spiro atoms. The van der Waals surface area contributed by atoms with E-state index in [1.54, 1.807) is 7.11 Å². The standard InChI is InChI=1S/C20H27N3O2/c1-3-17-14-19(22-21-17)20(24)23-12-10-16(11-13-23)5-4-15-6-8-18(25-2)9-7-15/h6-9,14,16H,3-5,10-13H2,1-2H3,(H,21,22). The fraction of sp³-hybridized carbons (Fsp3) is 0.500. The zero-order chi connectivity index (χ0) is 17.6. The average molecular weight is 341 g/mol. The highest BCUT2D eigenvalue weighted by Crippen LogP contribution is 2.24. The smallest absolute Gasteiger partial charge is 0.274 e. The number of benzene rings is 1. The Morgan fingerprint density at radius 2 is 2.00 bits per heavy atom. The lowest BCUT2D eigenvalue weighted by Crippen LogP contribution is -2.38. The number of ether oxygens (including phenoxy) is 1. The number of H-pyrrole nitrogens is 1. The van der Waals surface area contributed by atoms with Crippen LogP contribution in [0, 0.1) is 5.92 Å². The molecule has 0 atom stereocenters.